The van der Waals surface area contributed by atoms with Gasteiger partial charge in [-0.15, -0.1) is 0 Å². The van der Waals surface area contributed by atoms with Gasteiger partial charge in [0.25, 0.3) is 11.8 Å². The normalized spacial score (nSPS) is 16.3. The fraction of sp³-hybridized carbons (Fsp3) is 0.414. The molecule has 5 rings (SSSR count). The molecule has 1 aromatic heterocycles. The summed E-state index contributed by atoms with van der Waals surface area (Å²) in [5.41, 5.74) is 3.93. The summed E-state index contributed by atoms with van der Waals surface area (Å²) in [6.45, 7) is 12.2. The number of carbonyl (C=O) groups excluding carboxylic acids is 2. The number of benzene rings is 2. The van der Waals surface area contributed by atoms with Crippen LogP contribution in [0, 0.1) is 0 Å². The van der Waals surface area contributed by atoms with Crippen LogP contribution >= 0.6 is 23.1 Å². The second kappa shape index (κ2) is 10.2. The molecule has 2 amide bonds. The number of hydrogen-bond donors (Lipinski definition) is 1. The van der Waals surface area contributed by atoms with Crippen LogP contribution in [0.2, 0.25) is 23.2 Å². The van der Waals surface area contributed by atoms with Crippen molar-refractivity contribution < 1.29 is 14.0 Å². The first-order valence-corrected chi connectivity index (χ1v) is 17.1. The SMILES string of the molecule is CC(C)(C)[Si](C)(C)OC1CN(C(=O)c2ccc(NC(=O)c3snc(-c4ccccc4)c3C3CC3)cc2Cl)C1. The van der Waals surface area contributed by atoms with E-state index in [1.54, 1.807) is 23.1 Å². The molecule has 2 heterocycles. The van der Waals surface area contributed by atoms with Crippen molar-refractivity contribution in [3.8, 4) is 11.3 Å². The highest BCUT2D eigenvalue weighted by Crippen LogP contribution is 2.47. The summed E-state index contributed by atoms with van der Waals surface area (Å²) in [7, 11) is -1.88. The average molecular weight is 568 g/mol. The molecule has 9 heteroatoms. The minimum atomic E-state index is -1.88. The predicted octanol–water partition coefficient (Wildman–Crippen LogP) is 7.44. The predicted molar refractivity (Wildman–Crippen MR) is 157 cm³/mol. The van der Waals surface area contributed by atoms with Gasteiger partial charge in [0.2, 0.25) is 0 Å². The standard InChI is InChI=1S/C29H34ClN3O3SSi/c1-29(2,3)38(4,5)36-21-16-33(17-21)28(35)22-14-13-20(15-23(22)30)31-27(34)26-24(18-11-12-18)25(32-37-26)19-9-7-6-8-10-19/h6-10,13-15,18,21H,11-12,16-17H2,1-5H3,(H,31,34). The van der Waals surface area contributed by atoms with Gasteiger partial charge in [-0.05, 0) is 66.6 Å². The lowest BCUT2D eigenvalue weighted by Gasteiger charge is -2.46. The maximum Gasteiger partial charge on any atom is 0.267 e. The third kappa shape index (κ3) is 5.45. The topological polar surface area (TPSA) is 71.5 Å². The first-order chi connectivity index (χ1) is 17.9. The molecule has 0 bridgehead atoms. The number of hydrogen-bond acceptors (Lipinski definition) is 5. The molecule has 0 spiro atoms. The number of halogens is 1. The highest BCUT2D eigenvalue weighted by Gasteiger charge is 2.43. The van der Waals surface area contributed by atoms with Gasteiger partial charge in [0, 0.05) is 29.9 Å². The number of rotatable bonds is 7. The van der Waals surface area contributed by atoms with Crippen LogP contribution in [0.3, 0.4) is 0 Å². The third-order valence-corrected chi connectivity index (χ3v) is 13.5. The highest BCUT2D eigenvalue weighted by atomic mass is 35.5. The van der Waals surface area contributed by atoms with E-state index in [1.807, 2.05) is 30.3 Å². The van der Waals surface area contributed by atoms with Crippen LogP contribution in [-0.2, 0) is 4.43 Å². The van der Waals surface area contributed by atoms with Crippen molar-refractivity contribution in [2.75, 3.05) is 18.4 Å². The summed E-state index contributed by atoms with van der Waals surface area (Å²) < 4.78 is 11.0. The molecule has 38 heavy (non-hydrogen) atoms. The van der Waals surface area contributed by atoms with E-state index in [4.69, 9.17) is 16.0 Å². The number of likely N-dealkylation sites (tertiary alicyclic amines) is 1. The minimum Gasteiger partial charge on any atom is -0.410 e. The van der Waals surface area contributed by atoms with Gasteiger partial charge in [-0.25, -0.2) is 0 Å². The number of nitrogens with one attached hydrogen (secondary N) is 1. The van der Waals surface area contributed by atoms with Gasteiger partial charge < -0.3 is 14.6 Å². The van der Waals surface area contributed by atoms with Crippen LogP contribution in [-0.4, -0.2) is 48.6 Å². The van der Waals surface area contributed by atoms with Crippen LogP contribution in [0.15, 0.2) is 48.5 Å². The van der Waals surface area contributed by atoms with E-state index < -0.39 is 8.32 Å². The Morgan fingerprint density at radius 1 is 1.11 bits per heavy atom. The second-order valence-corrected chi connectivity index (χ2v) is 17.7. The molecule has 1 N–H and O–H groups in total. The van der Waals surface area contributed by atoms with Gasteiger partial charge in [0.1, 0.15) is 4.88 Å². The van der Waals surface area contributed by atoms with Crippen LogP contribution in [0.25, 0.3) is 11.3 Å². The smallest absolute Gasteiger partial charge is 0.267 e. The lowest BCUT2D eigenvalue weighted by molar-refractivity contribution is 0.0118. The number of nitrogens with zero attached hydrogens (tertiary/aromatic N) is 2. The van der Waals surface area contributed by atoms with E-state index in [0.29, 0.717) is 40.2 Å². The van der Waals surface area contributed by atoms with E-state index in [-0.39, 0.29) is 23.0 Å². The van der Waals surface area contributed by atoms with Gasteiger partial charge >= 0.3 is 0 Å². The fourth-order valence-corrected chi connectivity index (χ4v) is 6.89. The Labute approximate surface area is 234 Å². The summed E-state index contributed by atoms with van der Waals surface area (Å²) in [4.78, 5) is 28.7. The molecule has 0 atom stereocenters. The summed E-state index contributed by atoms with van der Waals surface area (Å²) in [5.74, 6) is 0.0540. The third-order valence-electron chi connectivity index (χ3n) is 7.83. The summed E-state index contributed by atoms with van der Waals surface area (Å²) in [6.07, 6.45) is 2.21. The molecular formula is C29H34ClN3O3SSi. The van der Waals surface area contributed by atoms with Crippen molar-refractivity contribution in [3.63, 3.8) is 0 Å². The summed E-state index contributed by atoms with van der Waals surface area (Å²) in [6, 6.07) is 15.1. The van der Waals surface area contributed by atoms with Gasteiger partial charge in [-0.1, -0.05) is 62.7 Å². The van der Waals surface area contributed by atoms with E-state index in [9.17, 15) is 9.59 Å². The van der Waals surface area contributed by atoms with Crippen molar-refractivity contribution in [3.05, 3.63) is 69.6 Å². The van der Waals surface area contributed by atoms with Crippen LogP contribution in [0.4, 0.5) is 5.69 Å². The maximum atomic E-state index is 13.3. The quantitative estimate of drug-likeness (QED) is 0.301. The van der Waals surface area contributed by atoms with Crippen molar-refractivity contribution >= 4 is 49.0 Å². The maximum absolute atomic E-state index is 13.3. The Bertz CT molecular complexity index is 1360. The van der Waals surface area contributed by atoms with E-state index in [0.717, 1.165) is 29.7 Å². The number of anilines is 1. The molecule has 0 radical (unpaired) electrons. The molecule has 2 aromatic carbocycles. The summed E-state index contributed by atoms with van der Waals surface area (Å²) in [5, 5.41) is 3.41. The van der Waals surface area contributed by atoms with Gasteiger partial charge in [0.15, 0.2) is 8.32 Å². The molecular weight excluding hydrogens is 534 g/mol. The molecule has 1 saturated heterocycles. The van der Waals surface area contributed by atoms with Gasteiger partial charge in [-0.2, -0.15) is 4.37 Å². The number of aromatic nitrogens is 1. The Morgan fingerprint density at radius 2 is 1.79 bits per heavy atom. The molecule has 0 unspecified atom stereocenters. The first-order valence-electron chi connectivity index (χ1n) is 13.1. The number of amides is 2. The molecule has 1 aliphatic heterocycles. The zero-order chi connectivity index (χ0) is 27.2. The van der Waals surface area contributed by atoms with Crippen molar-refractivity contribution in [1.82, 2.24) is 9.27 Å². The molecule has 200 valence electrons. The average Bonchev–Trinajstić information content (AvgIpc) is 3.58. The van der Waals surface area contributed by atoms with Crippen molar-refractivity contribution in [2.24, 2.45) is 0 Å². The van der Waals surface area contributed by atoms with Crippen molar-refractivity contribution in [2.45, 2.75) is 63.8 Å². The van der Waals surface area contributed by atoms with E-state index in [2.05, 4.69) is 43.6 Å². The Kier molecular flexibility index (Phi) is 7.28. The molecule has 1 saturated carbocycles. The zero-order valence-electron chi connectivity index (χ0n) is 22.5. The highest BCUT2D eigenvalue weighted by molar-refractivity contribution is 7.08. The Morgan fingerprint density at radius 3 is 2.39 bits per heavy atom. The summed E-state index contributed by atoms with van der Waals surface area (Å²) >= 11 is 7.76. The van der Waals surface area contributed by atoms with Crippen LogP contribution < -0.4 is 5.32 Å². The van der Waals surface area contributed by atoms with E-state index in [1.165, 1.54) is 11.5 Å². The molecule has 2 aliphatic rings. The zero-order valence-corrected chi connectivity index (χ0v) is 25.1. The van der Waals surface area contributed by atoms with Crippen molar-refractivity contribution in [1.29, 1.82) is 0 Å². The lowest BCUT2D eigenvalue weighted by Crippen LogP contribution is -2.59. The number of carbonyl (C=O) groups is 2. The fourth-order valence-electron chi connectivity index (χ4n) is 4.41. The molecule has 2 fully saturated rings. The Balaban J connectivity index is 1.25. The van der Waals surface area contributed by atoms with E-state index >= 15 is 0 Å². The largest absolute Gasteiger partial charge is 0.410 e. The molecule has 1 aliphatic carbocycles. The minimum absolute atomic E-state index is 0.0676. The first kappa shape index (κ1) is 27.1. The van der Waals surface area contributed by atoms with Gasteiger partial charge in [-0.3, -0.25) is 9.59 Å². The van der Waals surface area contributed by atoms with Crippen LogP contribution in [0.5, 0.6) is 0 Å². The second-order valence-electron chi connectivity index (χ2n) is 11.8. The Hall–Kier alpha value is -2.52. The molecule has 3 aromatic rings. The van der Waals surface area contributed by atoms with Gasteiger partial charge in [0.05, 0.1) is 22.4 Å². The monoisotopic (exact) mass is 567 g/mol. The van der Waals surface area contributed by atoms with Crippen LogP contribution in [0.1, 0.15) is 65.1 Å². The molecule has 6 nitrogen and oxygen atoms in total. The lowest BCUT2D eigenvalue weighted by atomic mass is 10.0.